The second-order valence-corrected chi connectivity index (χ2v) is 5.16. The summed E-state index contributed by atoms with van der Waals surface area (Å²) in [5.41, 5.74) is 0.529. The molecule has 0 heterocycles. The van der Waals surface area contributed by atoms with Crippen LogP contribution in [0.2, 0.25) is 0 Å². The van der Waals surface area contributed by atoms with Crippen LogP contribution in [-0.4, -0.2) is 0 Å². The smallest absolute Gasteiger partial charge is 0.0353 e. The minimum absolute atomic E-state index is 0. The van der Waals surface area contributed by atoms with E-state index in [-0.39, 0.29) is 6.15 Å². The van der Waals surface area contributed by atoms with Crippen molar-refractivity contribution in [2.45, 2.75) is 65.7 Å². The van der Waals surface area contributed by atoms with Crippen LogP contribution >= 0.6 is 0 Å². The summed E-state index contributed by atoms with van der Waals surface area (Å²) in [5.74, 6) is 0. The van der Waals surface area contributed by atoms with Crippen molar-refractivity contribution in [1.29, 1.82) is 0 Å². The Bertz CT molecular complexity index is 122. The Hall–Kier alpha value is -0.300. The molecule has 0 bridgehead atoms. The third kappa shape index (κ3) is 14.2. The highest BCUT2D eigenvalue weighted by atomic mass is 14.1. The monoisotopic (exact) mass is 199 g/mol. The first-order valence-corrected chi connectivity index (χ1v) is 5.67. The maximum absolute atomic E-state index is 3.73. The number of allylic oxidation sites excluding steroid dienone is 1. The zero-order valence-electron chi connectivity index (χ0n) is 10.4. The van der Waals surface area contributed by atoms with E-state index in [2.05, 4.69) is 27.4 Å². The molecule has 0 amide bonds. The summed E-state index contributed by atoms with van der Waals surface area (Å²) >= 11 is 0. The van der Waals surface area contributed by atoms with Gasteiger partial charge in [0.15, 0.2) is 0 Å². The summed E-state index contributed by atoms with van der Waals surface area (Å²) in [6.45, 7) is 10.7. The van der Waals surface area contributed by atoms with Gasteiger partial charge in [-0.15, -0.1) is 6.58 Å². The highest BCUT2D eigenvalue weighted by Gasteiger charge is 2.08. The van der Waals surface area contributed by atoms with E-state index < -0.39 is 0 Å². The van der Waals surface area contributed by atoms with Gasteiger partial charge in [-0.05, 0) is 24.7 Å². The van der Waals surface area contributed by atoms with E-state index in [4.69, 9.17) is 0 Å². The predicted molar refractivity (Wildman–Crippen MR) is 67.0 cm³/mol. The van der Waals surface area contributed by atoms with Crippen molar-refractivity contribution < 1.29 is 0 Å². The molecule has 0 fully saturated rings. The molecule has 1 heteroatoms. The maximum Gasteiger partial charge on any atom is -0.0353 e. The van der Waals surface area contributed by atoms with Gasteiger partial charge in [0.05, 0.1) is 0 Å². The summed E-state index contributed by atoms with van der Waals surface area (Å²) in [7, 11) is 0. The zero-order chi connectivity index (χ0) is 10.2. The van der Waals surface area contributed by atoms with Gasteiger partial charge in [-0.1, -0.05) is 52.5 Å². The Kier molecular flexibility index (Phi) is 10.7. The lowest BCUT2D eigenvalue weighted by atomic mass is 9.89. The van der Waals surface area contributed by atoms with Crippen LogP contribution in [0.5, 0.6) is 0 Å². The van der Waals surface area contributed by atoms with Gasteiger partial charge >= 0.3 is 0 Å². The van der Waals surface area contributed by atoms with Gasteiger partial charge < -0.3 is 6.15 Å². The minimum atomic E-state index is 0. The first-order chi connectivity index (χ1) is 6.06. The van der Waals surface area contributed by atoms with Crippen LogP contribution in [-0.2, 0) is 0 Å². The van der Waals surface area contributed by atoms with Crippen molar-refractivity contribution in [3.05, 3.63) is 12.7 Å². The molecule has 0 aromatic carbocycles. The fourth-order valence-electron chi connectivity index (χ4n) is 1.47. The van der Waals surface area contributed by atoms with E-state index >= 15 is 0 Å². The van der Waals surface area contributed by atoms with Gasteiger partial charge in [0, 0.05) is 0 Å². The molecule has 3 N–H and O–H groups in total. The maximum atomic E-state index is 3.73. The Labute approximate surface area is 90.6 Å². The van der Waals surface area contributed by atoms with Gasteiger partial charge in [-0.3, -0.25) is 0 Å². The van der Waals surface area contributed by atoms with E-state index in [0.29, 0.717) is 5.41 Å². The molecule has 0 unspecified atom stereocenters. The van der Waals surface area contributed by atoms with Crippen LogP contribution in [0.4, 0.5) is 0 Å². The summed E-state index contributed by atoms with van der Waals surface area (Å²) in [6.07, 6.45) is 11.5. The average molecular weight is 199 g/mol. The lowest BCUT2D eigenvalue weighted by Crippen LogP contribution is -2.03. The molecule has 0 aliphatic carbocycles. The van der Waals surface area contributed by atoms with E-state index in [1.54, 1.807) is 0 Å². The zero-order valence-corrected chi connectivity index (χ0v) is 10.4. The van der Waals surface area contributed by atoms with Crippen molar-refractivity contribution in [1.82, 2.24) is 6.15 Å². The molecule has 1 nitrogen and oxygen atoms in total. The molecule has 0 atom stereocenters. The number of hydrogen-bond donors (Lipinski definition) is 1. The molecular formula is C13H29N. The molecule has 0 saturated carbocycles. The minimum Gasteiger partial charge on any atom is -0.344 e. The third-order valence-corrected chi connectivity index (χ3v) is 2.34. The van der Waals surface area contributed by atoms with Crippen molar-refractivity contribution >= 4 is 0 Å². The SMILES string of the molecule is C=CCCCCCCCC(C)(C)C.N. The molecule has 0 aromatic rings. The largest absolute Gasteiger partial charge is 0.344 e. The van der Waals surface area contributed by atoms with Crippen LogP contribution in [0.25, 0.3) is 0 Å². The number of hydrogen-bond acceptors (Lipinski definition) is 1. The molecule has 0 rings (SSSR count). The summed E-state index contributed by atoms with van der Waals surface area (Å²) in [5, 5.41) is 0. The van der Waals surface area contributed by atoms with Crippen molar-refractivity contribution in [2.75, 3.05) is 0 Å². The van der Waals surface area contributed by atoms with E-state index in [1.807, 2.05) is 6.08 Å². The van der Waals surface area contributed by atoms with Gasteiger partial charge in [-0.2, -0.15) is 0 Å². The van der Waals surface area contributed by atoms with Crippen LogP contribution in [0, 0.1) is 5.41 Å². The molecule has 0 aliphatic heterocycles. The summed E-state index contributed by atoms with van der Waals surface area (Å²) in [4.78, 5) is 0. The fourth-order valence-corrected chi connectivity index (χ4v) is 1.47. The molecule has 0 aliphatic rings. The molecule has 0 spiro atoms. The highest BCUT2D eigenvalue weighted by molar-refractivity contribution is 4.65. The molecular weight excluding hydrogens is 170 g/mol. The predicted octanol–water partition coefficient (Wildman–Crippen LogP) is 5.11. The fraction of sp³-hybridized carbons (Fsp3) is 0.846. The second kappa shape index (κ2) is 9.26. The average Bonchev–Trinajstić information content (AvgIpc) is 2.01. The van der Waals surface area contributed by atoms with E-state index in [1.165, 1.54) is 44.9 Å². The second-order valence-electron chi connectivity index (χ2n) is 5.16. The van der Waals surface area contributed by atoms with Crippen molar-refractivity contribution in [2.24, 2.45) is 5.41 Å². The molecule has 86 valence electrons. The first kappa shape index (κ1) is 16.1. The lowest BCUT2D eigenvalue weighted by molar-refractivity contribution is 0.356. The normalized spacial score (nSPS) is 10.8. The highest BCUT2D eigenvalue weighted by Crippen LogP contribution is 2.22. The summed E-state index contributed by atoms with van der Waals surface area (Å²) in [6, 6.07) is 0. The lowest BCUT2D eigenvalue weighted by Gasteiger charge is -2.17. The van der Waals surface area contributed by atoms with Gasteiger partial charge in [0.2, 0.25) is 0 Å². The van der Waals surface area contributed by atoms with E-state index in [0.717, 1.165) is 0 Å². The van der Waals surface area contributed by atoms with Crippen LogP contribution in [0.3, 0.4) is 0 Å². The Morgan fingerprint density at radius 1 is 0.929 bits per heavy atom. The quantitative estimate of drug-likeness (QED) is 0.448. The Morgan fingerprint density at radius 3 is 1.93 bits per heavy atom. The van der Waals surface area contributed by atoms with Crippen molar-refractivity contribution in [3.8, 4) is 0 Å². The molecule has 0 radical (unpaired) electrons. The molecule has 0 aromatic heterocycles. The number of rotatable bonds is 7. The van der Waals surface area contributed by atoms with Gasteiger partial charge in [0.1, 0.15) is 0 Å². The Balaban J connectivity index is 0. The van der Waals surface area contributed by atoms with Crippen LogP contribution in [0.1, 0.15) is 65.7 Å². The van der Waals surface area contributed by atoms with Crippen LogP contribution in [0.15, 0.2) is 12.7 Å². The van der Waals surface area contributed by atoms with Crippen molar-refractivity contribution in [3.63, 3.8) is 0 Å². The third-order valence-electron chi connectivity index (χ3n) is 2.34. The van der Waals surface area contributed by atoms with E-state index in [9.17, 15) is 0 Å². The van der Waals surface area contributed by atoms with Gasteiger partial charge in [-0.25, -0.2) is 0 Å². The topological polar surface area (TPSA) is 35.0 Å². The molecule has 14 heavy (non-hydrogen) atoms. The van der Waals surface area contributed by atoms with Crippen LogP contribution < -0.4 is 6.15 Å². The molecule has 0 saturated heterocycles. The van der Waals surface area contributed by atoms with Gasteiger partial charge in [0.25, 0.3) is 0 Å². The number of unbranched alkanes of at least 4 members (excludes halogenated alkanes) is 5. The standard InChI is InChI=1S/C13H26.H3N/c1-5-6-7-8-9-10-11-12-13(2,3)4;/h5H,1,6-12H2,2-4H3;1H3. The first-order valence-electron chi connectivity index (χ1n) is 5.67. The summed E-state index contributed by atoms with van der Waals surface area (Å²) < 4.78 is 0. The Morgan fingerprint density at radius 2 is 1.43 bits per heavy atom.